The van der Waals surface area contributed by atoms with E-state index < -0.39 is 30.4 Å². The van der Waals surface area contributed by atoms with Crippen molar-refractivity contribution in [1.82, 2.24) is 29.7 Å². The number of anilines is 3. The summed E-state index contributed by atoms with van der Waals surface area (Å²) in [6.45, 7) is 38.5. The van der Waals surface area contributed by atoms with E-state index in [1.165, 1.54) is 18.2 Å². The van der Waals surface area contributed by atoms with Crippen molar-refractivity contribution in [3.8, 4) is 67.4 Å². The standard InChI is InChI=1S/C34H45N3O5S.C32H41N3O5S.C30H37N3O5S/c1-5-36(6-2)26-14-17-28-31(22-26)42-32-23-27(37(7-3)8-4)15-18-29(32)34(28)30-16-13-25(21-33(30)43(39,40)41)24-35-19-11-9-10-12-20-38;1-5-34(6-2)24-12-15-26-29(20-24)40-30-21-25(35(7-3)8-4)13-16-27(30)32(26)28-14-11-23(19-31(28)41(37,38)39)22-33-17-9-10-18-36;1-5-32(6-2)22-10-13-24-27(18-22)38-28-19-23(33(7-3)8-4)11-14-25(28)30(24)26-12-9-21(20-31-15-16-34)17-29(26)39(35,36)37/h13-18,21-23,35,38H,5-12,19-20,24H2,1-4H3;11-16,19-21,33,36H,5-10,17-18,22H2,1-4H3;9-14,17-19,31,34H,5-8,15-16,20H2,1-4H3. The number of aliphatic hydroxyl groups is 3. The van der Waals surface area contributed by atoms with Crippen LogP contribution in [-0.2, 0) is 50.0 Å². The SMILES string of the molecule is CCN(CC)c1ccc2c(-c3ccc(CNCCCCCCO)cc3S(=O)(=O)[O-])c3ccc(=[N+](CC)CC)cc-3oc2c1.CCN(CC)c1ccc2c(-c3ccc(CNCCCCO)cc3S(=O)(=O)[O-])c3ccc(=[N+](CC)CC)cc-3oc2c1.CCN(CC)c1ccc2c(-c3ccc(CNCCO)cc3S(=O)(=O)[O-])c3ccc(=[N+](CC)CC)cc-3oc2c1. The van der Waals surface area contributed by atoms with Crippen LogP contribution in [0.25, 0.3) is 100 Å². The Bertz CT molecular complexity index is 6070. The van der Waals surface area contributed by atoms with Gasteiger partial charge in [-0.15, -0.1) is 0 Å². The molecule has 0 bridgehead atoms. The Morgan fingerprint density at radius 1 is 0.309 bits per heavy atom. The zero-order valence-corrected chi connectivity index (χ0v) is 75.8. The molecule has 0 fully saturated rings. The van der Waals surface area contributed by atoms with Crippen LogP contribution in [0.4, 0.5) is 17.1 Å². The number of unbranched alkanes of at least 4 members (excludes halogenated alkanes) is 4. The van der Waals surface area contributed by atoms with Gasteiger partial charge in [-0.2, -0.15) is 0 Å². The minimum atomic E-state index is -4.81. The highest BCUT2D eigenvalue weighted by atomic mass is 32.2. The van der Waals surface area contributed by atoms with Crippen LogP contribution in [0.1, 0.15) is 138 Å². The van der Waals surface area contributed by atoms with Crippen LogP contribution in [0.3, 0.4) is 0 Å². The summed E-state index contributed by atoms with van der Waals surface area (Å²) in [4.78, 5) is 5.91. The summed E-state index contributed by atoms with van der Waals surface area (Å²) < 4.78 is 140. The average molecular weight is 1740 g/mol. The molecule has 24 nitrogen and oxygen atoms in total. The Morgan fingerprint density at radius 2 is 0.577 bits per heavy atom. The van der Waals surface area contributed by atoms with Crippen molar-refractivity contribution in [2.45, 2.75) is 156 Å². The maximum atomic E-state index is 12.7. The van der Waals surface area contributed by atoms with Crippen molar-refractivity contribution < 1.29 is 67.5 Å². The number of nitrogens with zero attached hydrogens (tertiary/aromatic N) is 6. The number of hydrogen-bond donors (Lipinski definition) is 6. The van der Waals surface area contributed by atoms with E-state index in [-0.39, 0.29) is 34.5 Å². The molecule has 0 amide bonds. The average Bonchev–Trinajstić information content (AvgIpc) is 0.749. The molecule has 660 valence electrons. The molecule has 12 rings (SSSR count). The second-order valence-corrected chi connectivity index (χ2v) is 34.3. The van der Waals surface area contributed by atoms with Gasteiger partial charge in [-0.1, -0.05) is 49.2 Å². The predicted molar refractivity (Wildman–Crippen MR) is 493 cm³/mol. The number of nitrogens with one attached hydrogen (secondary N) is 3. The molecule has 0 aromatic heterocycles. The lowest BCUT2D eigenvalue weighted by molar-refractivity contribution is 0.282. The highest BCUT2D eigenvalue weighted by molar-refractivity contribution is 7.86. The Kier molecular flexibility index (Phi) is 34.7. The van der Waals surface area contributed by atoms with Gasteiger partial charge in [0.2, 0.25) is 16.1 Å². The predicted octanol–water partition coefficient (Wildman–Crippen LogP) is 13.9. The molecule has 0 spiro atoms. The summed E-state index contributed by atoms with van der Waals surface area (Å²) in [6, 6.07) is 50.9. The van der Waals surface area contributed by atoms with Gasteiger partial charge >= 0.3 is 0 Å². The van der Waals surface area contributed by atoms with Gasteiger partial charge in [0.05, 0.1) is 39.5 Å². The van der Waals surface area contributed by atoms with E-state index in [0.29, 0.717) is 118 Å². The van der Waals surface area contributed by atoms with Gasteiger partial charge in [0.1, 0.15) is 104 Å². The molecule has 6 aliphatic rings. The van der Waals surface area contributed by atoms with Crippen molar-refractivity contribution in [1.29, 1.82) is 0 Å². The molecule has 3 heterocycles. The lowest BCUT2D eigenvalue weighted by Gasteiger charge is -2.23. The van der Waals surface area contributed by atoms with Crippen LogP contribution >= 0.6 is 0 Å². The van der Waals surface area contributed by atoms with Gasteiger partial charge in [-0.3, -0.25) is 0 Å². The van der Waals surface area contributed by atoms with Crippen molar-refractivity contribution in [2.24, 2.45) is 0 Å². The fourth-order valence-electron chi connectivity index (χ4n) is 16.3. The molecule has 6 aromatic rings. The lowest BCUT2D eigenvalue weighted by Crippen LogP contribution is -2.29. The summed E-state index contributed by atoms with van der Waals surface area (Å²) in [5, 5.41) is 41.9. The van der Waals surface area contributed by atoms with Crippen molar-refractivity contribution in [3.05, 3.63) is 197 Å². The van der Waals surface area contributed by atoms with Gasteiger partial charge in [0, 0.05) is 198 Å². The largest absolute Gasteiger partial charge is 0.744 e. The first-order valence-corrected chi connectivity index (χ1v) is 47.7. The Balaban J connectivity index is 0.000000193. The maximum Gasteiger partial charge on any atom is 0.203 e. The second kappa shape index (κ2) is 44.7. The number of rotatable bonds is 39. The van der Waals surface area contributed by atoms with Gasteiger partial charge in [0.25, 0.3) is 0 Å². The van der Waals surface area contributed by atoms with E-state index >= 15 is 0 Å². The van der Waals surface area contributed by atoms with E-state index in [4.69, 9.17) is 28.6 Å². The van der Waals surface area contributed by atoms with E-state index in [2.05, 4.69) is 127 Å². The van der Waals surface area contributed by atoms with Crippen molar-refractivity contribution in [3.63, 3.8) is 0 Å². The summed E-state index contributed by atoms with van der Waals surface area (Å²) in [5.41, 5.74) is 12.2. The van der Waals surface area contributed by atoms with Crippen LogP contribution in [0, 0.1) is 0 Å². The highest BCUT2D eigenvalue weighted by Crippen LogP contribution is 2.47. The molecular formula is C96H123N9O15S3. The highest BCUT2D eigenvalue weighted by Gasteiger charge is 2.28. The first kappa shape index (κ1) is 95.5. The normalized spacial score (nSPS) is 11.9. The molecule has 6 N–H and O–H groups in total. The van der Waals surface area contributed by atoms with E-state index in [0.717, 1.165) is 189 Å². The van der Waals surface area contributed by atoms with Crippen LogP contribution in [0.2, 0.25) is 0 Å². The summed E-state index contributed by atoms with van der Waals surface area (Å²) in [5.74, 6) is 1.86. The molecule has 123 heavy (non-hydrogen) atoms. The number of benzene rings is 9. The number of fused-ring (bicyclic) bond motifs is 6. The third-order valence-electron chi connectivity index (χ3n) is 22.9. The minimum absolute atomic E-state index is 0.0404. The van der Waals surface area contributed by atoms with Crippen LogP contribution in [-0.4, -0.2) is 172 Å². The summed E-state index contributed by atoms with van der Waals surface area (Å²) >= 11 is 0. The molecule has 0 saturated heterocycles. The Morgan fingerprint density at radius 3 is 0.846 bits per heavy atom. The number of hydrogen-bond acceptors (Lipinski definition) is 21. The third kappa shape index (κ3) is 23.3. The fourth-order valence-corrected chi connectivity index (χ4v) is 18.5. The first-order chi connectivity index (χ1) is 59.2. The molecule has 3 aliphatic heterocycles. The van der Waals surface area contributed by atoms with Gasteiger partial charge in [-0.05, 0) is 211 Å². The third-order valence-corrected chi connectivity index (χ3v) is 25.5. The van der Waals surface area contributed by atoms with Crippen molar-refractivity contribution >= 4 is 80.3 Å². The summed E-state index contributed by atoms with van der Waals surface area (Å²) in [7, 11) is -14.4. The van der Waals surface area contributed by atoms with E-state index in [9.17, 15) is 38.9 Å². The quantitative estimate of drug-likeness (QED) is 0.00902. The van der Waals surface area contributed by atoms with Crippen molar-refractivity contribution in [2.75, 3.05) is 133 Å². The smallest absolute Gasteiger partial charge is 0.203 e. The topological polar surface area (TPSA) is 327 Å². The first-order valence-electron chi connectivity index (χ1n) is 43.5. The Labute approximate surface area is 725 Å². The lowest BCUT2D eigenvalue weighted by atomic mass is 9.92. The zero-order valence-electron chi connectivity index (χ0n) is 73.3. The van der Waals surface area contributed by atoms with Crippen LogP contribution in [0.15, 0.2) is 192 Å². The van der Waals surface area contributed by atoms with E-state index in [1.54, 1.807) is 18.2 Å². The number of aliphatic hydroxyl groups excluding tert-OH is 3. The fraction of sp³-hybridized carbons (Fsp3) is 0.406. The molecule has 0 radical (unpaired) electrons. The minimum Gasteiger partial charge on any atom is -0.744 e. The molecular weight excluding hydrogens is 1620 g/mol. The zero-order chi connectivity index (χ0) is 88.7. The molecule has 0 atom stereocenters. The molecule has 0 saturated carbocycles. The van der Waals surface area contributed by atoms with Crippen LogP contribution < -0.4 is 60.4 Å². The molecule has 0 unspecified atom stereocenters. The summed E-state index contributed by atoms with van der Waals surface area (Å²) in [6.07, 6.45) is 5.24. The molecule has 3 aliphatic carbocycles. The van der Waals surface area contributed by atoms with E-state index in [1.807, 2.05) is 127 Å². The molecule has 6 aromatic carbocycles. The van der Waals surface area contributed by atoms with Crippen LogP contribution in [0.5, 0.6) is 0 Å². The maximum absolute atomic E-state index is 12.7. The Hall–Kier alpha value is -9.72. The van der Waals surface area contributed by atoms with Gasteiger partial charge in [0.15, 0.2) is 0 Å². The van der Waals surface area contributed by atoms with Gasteiger partial charge in [-0.25, -0.2) is 39.0 Å². The van der Waals surface area contributed by atoms with Gasteiger partial charge < -0.3 is 72.9 Å². The second-order valence-electron chi connectivity index (χ2n) is 30.2. The monoisotopic (exact) mass is 1740 g/mol. The molecule has 27 heteroatoms.